The third kappa shape index (κ3) is 6.11. The van der Waals surface area contributed by atoms with Gasteiger partial charge < -0.3 is 4.42 Å². The van der Waals surface area contributed by atoms with Gasteiger partial charge in [-0.3, -0.25) is 0 Å². The molecule has 8 aromatic rings. The van der Waals surface area contributed by atoms with Crippen molar-refractivity contribution in [1.82, 2.24) is 0 Å². The molecule has 50 heavy (non-hydrogen) atoms. The Hall–Kier alpha value is -6.51. The molecule has 0 saturated heterocycles. The lowest BCUT2D eigenvalue weighted by molar-refractivity contribution is 0.669. The number of para-hydroxylation sites is 1. The molecule has 238 valence electrons. The van der Waals surface area contributed by atoms with Crippen molar-refractivity contribution in [2.75, 3.05) is 0 Å². The number of hydrogen-bond donors (Lipinski definition) is 0. The second kappa shape index (κ2) is 13.5. The summed E-state index contributed by atoms with van der Waals surface area (Å²) in [6.45, 7) is 6.60. The highest BCUT2D eigenvalue weighted by Crippen LogP contribution is 2.39. The van der Waals surface area contributed by atoms with Gasteiger partial charge in [0.15, 0.2) is 0 Å². The molecule has 7 aromatic carbocycles. The summed E-state index contributed by atoms with van der Waals surface area (Å²) in [4.78, 5) is 5.27. The zero-order valence-corrected chi connectivity index (χ0v) is 27.9. The van der Waals surface area contributed by atoms with Crippen LogP contribution in [0.5, 0.6) is 0 Å². The molecular formula is C48H35NO. The van der Waals surface area contributed by atoms with Crippen LogP contribution in [0, 0.1) is 0 Å². The van der Waals surface area contributed by atoms with E-state index in [2.05, 4.69) is 159 Å². The quantitative estimate of drug-likeness (QED) is 0.152. The van der Waals surface area contributed by atoms with Crippen LogP contribution in [-0.4, -0.2) is 5.71 Å². The molecule has 0 fully saturated rings. The summed E-state index contributed by atoms with van der Waals surface area (Å²) in [6, 6.07) is 61.2. The number of rotatable bonds is 8. The van der Waals surface area contributed by atoms with E-state index in [9.17, 15) is 0 Å². The summed E-state index contributed by atoms with van der Waals surface area (Å²) >= 11 is 0. The van der Waals surface area contributed by atoms with Crippen LogP contribution >= 0.6 is 0 Å². The normalized spacial score (nSPS) is 12.0. The number of furan rings is 1. The fourth-order valence-electron chi connectivity index (χ4n) is 6.73. The van der Waals surface area contributed by atoms with Gasteiger partial charge in [-0.2, -0.15) is 0 Å². The topological polar surface area (TPSA) is 25.5 Å². The maximum Gasteiger partial charge on any atom is 0.136 e. The summed E-state index contributed by atoms with van der Waals surface area (Å²) in [6.07, 6.45) is 2.21. The van der Waals surface area contributed by atoms with Crippen molar-refractivity contribution in [1.29, 1.82) is 0 Å². The Balaban J connectivity index is 1.32. The Kier molecular flexibility index (Phi) is 8.34. The SMILES string of the molecule is C=C(/N=C(\C=C(/C)c1ccccc1-c1cccc2oc3ccccc3c12)c1cc(-c2ccccc2)cc(-c2ccccc2)c1)c1ccccc1. The molecule has 1 heterocycles. The maximum absolute atomic E-state index is 6.27. The predicted molar refractivity (Wildman–Crippen MR) is 212 cm³/mol. The Bertz CT molecular complexity index is 2480. The van der Waals surface area contributed by atoms with Gasteiger partial charge in [0.1, 0.15) is 11.2 Å². The minimum absolute atomic E-state index is 0.707. The molecule has 1 aromatic heterocycles. The van der Waals surface area contributed by atoms with Gasteiger partial charge in [-0.1, -0.05) is 152 Å². The molecule has 0 bridgehead atoms. The van der Waals surface area contributed by atoms with Crippen molar-refractivity contribution in [3.63, 3.8) is 0 Å². The molecule has 8 rings (SSSR count). The Morgan fingerprint density at radius 2 is 1.08 bits per heavy atom. The van der Waals surface area contributed by atoms with Crippen LogP contribution in [0.3, 0.4) is 0 Å². The van der Waals surface area contributed by atoms with E-state index in [1.165, 1.54) is 0 Å². The van der Waals surface area contributed by atoms with E-state index in [-0.39, 0.29) is 0 Å². The number of fused-ring (bicyclic) bond motifs is 3. The van der Waals surface area contributed by atoms with Gasteiger partial charge >= 0.3 is 0 Å². The Morgan fingerprint density at radius 3 is 1.78 bits per heavy atom. The first-order valence-electron chi connectivity index (χ1n) is 16.9. The smallest absolute Gasteiger partial charge is 0.136 e. The lowest BCUT2D eigenvalue weighted by Crippen LogP contribution is -2.01. The van der Waals surface area contributed by atoms with E-state index in [0.717, 1.165) is 83.3 Å². The Labute approximate surface area is 293 Å². The number of hydrogen-bond acceptors (Lipinski definition) is 2. The van der Waals surface area contributed by atoms with Crippen molar-refractivity contribution in [3.8, 4) is 33.4 Å². The minimum Gasteiger partial charge on any atom is -0.456 e. The molecule has 0 N–H and O–H groups in total. The van der Waals surface area contributed by atoms with Gasteiger partial charge in [0, 0.05) is 16.3 Å². The first kappa shape index (κ1) is 30.8. The van der Waals surface area contributed by atoms with Crippen LogP contribution in [0.4, 0.5) is 0 Å². The average Bonchev–Trinajstić information content (AvgIpc) is 3.57. The van der Waals surface area contributed by atoms with Crippen molar-refractivity contribution >= 4 is 38.9 Å². The van der Waals surface area contributed by atoms with Crippen molar-refractivity contribution < 1.29 is 4.42 Å². The largest absolute Gasteiger partial charge is 0.456 e. The zero-order chi connectivity index (χ0) is 33.9. The lowest BCUT2D eigenvalue weighted by Gasteiger charge is -2.15. The number of aliphatic imine (C=N–C) groups is 1. The number of benzene rings is 7. The highest BCUT2D eigenvalue weighted by Gasteiger charge is 2.16. The second-order valence-electron chi connectivity index (χ2n) is 12.5. The van der Waals surface area contributed by atoms with Gasteiger partial charge in [-0.05, 0) is 93.4 Å². The average molecular weight is 642 g/mol. The van der Waals surface area contributed by atoms with E-state index >= 15 is 0 Å². The summed E-state index contributed by atoms with van der Waals surface area (Å²) in [5, 5.41) is 2.24. The summed E-state index contributed by atoms with van der Waals surface area (Å²) in [7, 11) is 0. The lowest BCUT2D eigenvalue weighted by atomic mass is 9.90. The van der Waals surface area contributed by atoms with E-state index in [0.29, 0.717) is 5.70 Å². The molecule has 0 aliphatic carbocycles. The minimum atomic E-state index is 0.707. The number of allylic oxidation sites excluding steroid dienone is 2. The molecule has 0 atom stereocenters. The fourth-order valence-corrected chi connectivity index (χ4v) is 6.73. The van der Waals surface area contributed by atoms with Crippen LogP contribution in [0.15, 0.2) is 198 Å². The van der Waals surface area contributed by atoms with Gasteiger partial charge in [0.2, 0.25) is 0 Å². The molecule has 0 radical (unpaired) electrons. The maximum atomic E-state index is 6.27. The van der Waals surface area contributed by atoms with Gasteiger partial charge in [0.05, 0.1) is 11.4 Å². The summed E-state index contributed by atoms with van der Waals surface area (Å²) in [5.41, 5.74) is 14.4. The molecular weight excluding hydrogens is 607 g/mol. The first-order chi connectivity index (χ1) is 24.6. The monoisotopic (exact) mass is 641 g/mol. The third-order valence-electron chi connectivity index (χ3n) is 9.20. The van der Waals surface area contributed by atoms with E-state index < -0.39 is 0 Å². The summed E-state index contributed by atoms with van der Waals surface area (Å²) in [5.74, 6) is 0. The van der Waals surface area contributed by atoms with Crippen molar-refractivity contribution in [2.24, 2.45) is 4.99 Å². The predicted octanol–water partition coefficient (Wildman–Crippen LogP) is 13.2. The third-order valence-corrected chi connectivity index (χ3v) is 9.20. The van der Waals surface area contributed by atoms with E-state index in [1.54, 1.807) is 0 Å². The highest BCUT2D eigenvalue weighted by molar-refractivity contribution is 6.17. The van der Waals surface area contributed by atoms with Crippen LogP contribution in [0.2, 0.25) is 0 Å². The van der Waals surface area contributed by atoms with Gasteiger partial charge in [-0.25, -0.2) is 4.99 Å². The van der Waals surface area contributed by atoms with Crippen LogP contribution in [0.1, 0.15) is 23.6 Å². The molecule has 0 saturated carbocycles. The zero-order valence-electron chi connectivity index (χ0n) is 27.9. The van der Waals surface area contributed by atoms with Gasteiger partial charge in [0.25, 0.3) is 0 Å². The first-order valence-corrected chi connectivity index (χ1v) is 16.9. The molecule has 2 nitrogen and oxygen atoms in total. The van der Waals surface area contributed by atoms with Crippen molar-refractivity contribution in [3.05, 3.63) is 205 Å². The molecule has 0 unspecified atom stereocenters. The van der Waals surface area contributed by atoms with Gasteiger partial charge in [-0.15, -0.1) is 0 Å². The Morgan fingerprint density at radius 1 is 0.520 bits per heavy atom. The van der Waals surface area contributed by atoms with E-state index in [1.807, 2.05) is 36.4 Å². The standard InChI is InChI=1S/C48H35NO/c1-33(41-23-12-13-24-42(41)43-26-16-28-47-48(43)44-25-14-15-27-46(44)50-47)29-45(49-34(2)35-17-6-3-7-18-35)40-31-38(36-19-8-4-9-20-36)30-39(32-40)37-21-10-5-11-22-37/h3-32H,2H2,1H3/b33-29+,49-45+. The summed E-state index contributed by atoms with van der Waals surface area (Å²) < 4.78 is 6.27. The molecule has 0 spiro atoms. The van der Waals surface area contributed by atoms with Crippen LogP contribution in [0.25, 0.3) is 66.6 Å². The number of nitrogens with zero attached hydrogens (tertiary/aromatic N) is 1. The van der Waals surface area contributed by atoms with E-state index in [4.69, 9.17) is 9.41 Å². The van der Waals surface area contributed by atoms with Crippen LogP contribution < -0.4 is 0 Å². The molecule has 0 aliphatic rings. The molecule has 0 aliphatic heterocycles. The highest BCUT2D eigenvalue weighted by atomic mass is 16.3. The second-order valence-corrected chi connectivity index (χ2v) is 12.5. The fraction of sp³-hybridized carbons (Fsp3) is 0.0208. The van der Waals surface area contributed by atoms with Crippen molar-refractivity contribution in [2.45, 2.75) is 6.92 Å². The molecule has 0 amide bonds. The van der Waals surface area contributed by atoms with Crippen LogP contribution in [-0.2, 0) is 0 Å². The molecule has 2 heteroatoms.